The van der Waals surface area contributed by atoms with Crippen LogP contribution in [0, 0.1) is 0 Å². The van der Waals surface area contributed by atoms with Gasteiger partial charge in [0.05, 0.1) is 0 Å². The number of rotatable bonds is 6. The molecule has 0 radical (unpaired) electrons. The van der Waals surface area contributed by atoms with Crippen LogP contribution in [0.15, 0.2) is 18.3 Å². The second kappa shape index (κ2) is 8.03. The van der Waals surface area contributed by atoms with E-state index in [4.69, 9.17) is 0 Å². The molecule has 7 heteroatoms. The summed E-state index contributed by atoms with van der Waals surface area (Å²) in [6.07, 6.45) is 11.7. The van der Waals surface area contributed by atoms with Crippen LogP contribution in [0.1, 0.15) is 63.0 Å². The Morgan fingerprint density at radius 3 is 2.54 bits per heavy atom. The van der Waals surface area contributed by atoms with Crippen LogP contribution in [0.5, 0.6) is 0 Å². The third-order valence-electron chi connectivity index (χ3n) is 5.77. The van der Waals surface area contributed by atoms with Crippen molar-refractivity contribution >= 4 is 17.6 Å². The summed E-state index contributed by atoms with van der Waals surface area (Å²) in [5.74, 6) is 2.92. The molecule has 0 amide bonds. The highest BCUT2D eigenvalue weighted by Gasteiger charge is 2.21. The second-order valence-electron chi connectivity index (χ2n) is 7.56. The summed E-state index contributed by atoms with van der Waals surface area (Å²) in [7, 11) is 2.05. The molecule has 2 aliphatic rings. The average Bonchev–Trinajstić information content (AvgIpc) is 3.34. The monoisotopic (exact) mass is 355 g/mol. The minimum Gasteiger partial charge on any atom is -0.351 e. The molecular weight excluding hydrogens is 326 g/mol. The minimum absolute atomic E-state index is 0.453. The first-order valence-electron chi connectivity index (χ1n) is 9.89. The van der Waals surface area contributed by atoms with Gasteiger partial charge in [-0.1, -0.05) is 12.8 Å². The molecule has 0 aromatic carbocycles. The van der Waals surface area contributed by atoms with E-state index < -0.39 is 0 Å². The van der Waals surface area contributed by atoms with Gasteiger partial charge in [-0.3, -0.25) is 5.10 Å². The quantitative estimate of drug-likeness (QED) is 0.634. The highest BCUT2D eigenvalue weighted by molar-refractivity contribution is 5.53. The average molecular weight is 355 g/mol. The Hall–Kier alpha value is -2.15. The molecule has 0 bridgehead atoms. The van der Waals surface area contributed by atoms with Gasteiger partial charge in [-0.05, 0) is 51.6 Å². The van der Waals surface area contributed by atoms with Gasteiger partial charge in [-0.15, -0.1) is 0 Å². The molecule has 4 rings (SSSR count). The maximum atomic E-state index is 4.61. The number of aromatic amines is 1. The number of H-pyrrole nitrogens is 1. The molecule has 2 aliphatic carbocycles. The highest BCUT2D eigenvalue weighted by Crippen LogP contribution is 2.34. The van der Waals surface area contributed by atoms with Gasteiger partial charge in [-0.25, -0.2) is 4.98 Å². The molecule has 26 heavy (non-hydrogen) atoms. The van der Waals surface area contributed by atoms with E-state index >= 15 is 0 Å². The van der Waals surface area contributed by atoms with E-state index in [0.29, 0.717) is 23.9 Å². The smallest absolute Gasteiger partial charge is 0.224 e. The number of nitrogens with zero attached hydrogens (tertiary/aromatic N) is 3. The van der Waals surface area contributed by atoms with Crippen LogP contribution in [0.3, 0.4) is 0 Å². The summed E-state index contributed by atoms with van der Waals surface area (Å²) in [6.45, 7) is 0. The van der Waals surface area contributed by atoms with Crippen molar-refractivity contribution in [1.29, 1.82) is 0 Å². The van der Waals surface area contributed by atoms with Crippen molar-refractivity contribution in [3.63, 3.8) is 0 Å². The van der Waals surface area contributed by atoms with Gasteiger partial charge in [0.1, 0.15) is 5.82 Å². The number of aromatic nitrogens is 4. The maximum absolute atomic E-state index is 4.61. The summed E-state index contributed by atoms with van der Waals surface area (Å²) in [5, 5.41) is 17.7. The predicted molar refractivity (Wildman–Crippen MR) is 104 cm³/mol. The van der Waals surface area contributed by atoms with Crippen molar-refractivity contribution in [3.05, 3.63) is 24.0 Å². The van der Waals surface area contributed by atoms with Crippen molar-refractivity contribution in [2.24, 2.45) is 0 Å². The Morgan fingerprint density at radius 2 is 1.77 bits per heavy atom. The summed E-state index contributed by atoms with van der Waals surface area (Å²) in [5.41, 5.74) is 1.23. The third-order valence-corrected chi connectivity index (χ3v) is 5.77. The predicted octanol–water partition coefficient (Wildman–Crippen LogP) is 3.54. The molecule has 0 aliphatic heterocycles. The molecule has 2 heterocycles. The van der Waals surface area contributed by atoms with Crippen LogP contribution in [-0.4, -0.2) is 39.3 Å². The number of hydrogen-bond acceptors (Lipinski definition) is 6. The van der Waals surface area contributed by atoms with Gasteiger partial charge in [-0.2, -0.15) is 10.1 Å². The molecule has 140 valence electrons. The molecule has 0 spiro atoms. The van der Waals surface area contributed by atoms with Gasteiger partial charge in [0.2, 0.25) is 5.95 Å². The van der Waals surface area contributed by atoms with Crippen LogP contribution in [0.2, 0.25) is 0 Å². The molecule has 2 aromatic heterocycles. The normalized spacial score (nSPS) is 23.9. The van der Waals surface area contributed by atoms with E-state index in [-0.39, 0.29) is 0 Å². The van der Waals surface area contributed by atoms with E-state index in [0.717, 1.165) is 24.5 Å². The maximum Gasteiger partial charge on any atom is 0.224 e. The Bertz CT molecular complexity index is 699. The Labute approximate surface area is 154 Å². The fraction of sp³-hybridized carbons (Fsp3) is 0.632. The van der Waals surface area contributed by atoms with Crippen LogP contribution in [0.4, 0.5) is 17.6 Å². The summed E-state index contributed by atoms with van der Waals surface area (Å²) in [6, 6.07) is 5.10. The van der Waals surface area contributed by atoms with Gasteiger partial charge in [0.15, 0.2) is 5.82 Å². The molecule has 2 aromatic rings. The zero-order chi connectivity index (χ0) is 17.8. The fourth-order valence-electron chi connectivity index (χ4n) is 4.18. The standard InChI is InChI=1S/C19H29N7/c1-20-14-6-8-15(9-7-14)22-19-21-11-10-17(24-19)23-18-12-16(25-26-18)13-4-2-3-5-13/h10-15,20H,2-9H2,1H3,(H3,21,22,23,24,25,26). The lowest BCUT2D eigenvalue weighted by Gasteiger charge is -2.28. The van der Waals surface area contributed by atoms with Crippen LogP contribution < -0.4 is 16.0 Å². The highest BCUT2D eigenvalue weighted by atomic mass is 15.2. The molecular formula is C19H29N7. The largest absolute Gasteiger partial charge is 0.351 e. The van der Waals surface area contributed by atoms with Crippen molar-refractivity contribution in [1.82, 2.24) is 25.5 Å². The molecule has 7 nitrogen and oxygen atoms in total. The Balaban J connectivity index is 1.35. The van der Waals surface area contributed by atoms with E-state index in [9.17, 15) is 0 Å². The van der Waals surface area contributed by atoms with Crippen molar-refractivity contribution in [2.45, 2.75) is 69.4 Å². The van der Waals surface area contributed by atoms with E-state index in [1.165, 1.54) is 44.2 Å². The van der Waals surface area contributed by atoms with Crippen molar-refractivity contribution in [3.8, 4) is 0 Å². The lowest BCUT2D eigenvalue weighted by Crippen LogP contribution is -2.35. The molecule has 0 unspecified atom stereocenters. The van der Waals surface area contributed by atoms with Crippen LogP contribution in [-0.2, 0) is 0 Å². The summed E-state index contributed by atoms with van der Waals surface area (Å²) in [4.78, 5) is 8.98. The van der Waals surface area contributed by atoms with Gasteiger partial charge in [0.25, 0.3) is 0 Å². The first-order valence-corrected chi connectivity index (χ1v) is 9.89. The topological polar surface area (TPSA) is 90.6 Å². The fourth-order valence-corrected chi connectivity index (χ4v) is 4.18. The molecule has 2 fully saturated rings. The second-order valence-corrected chi connectivity index (χ2v) is 7.56. The third kappa shape index (κ3) is 4.15. The zero-order valence-corrected chi connectivity index (χ0v) is 15.5. The summed E-state index contributed by atoms with van der Waals surface area (Å²) >= 11 is 0. The van der Waals surface area contributed by atoms with Crippen molar-refractivity contribution in [2.75, 3.05) is 17.7 Å². The van der Waals surface area contributed by atoms with Gasteiger partial charge in [0, 0.05) is 36.0 Å². The molecule has 0 saturated heterocycles. The minimum atomic E-state index is 0.453. The Morgan fingerprint density at radius 1 is 1.00 bits per heavy atom. The number of hydrogen-bond donors (Lipinski definition) is 4. The lowest BCUT2D eigenvalue weighted by molar-refractivity contribution is 0.370. The van der Waals surface area contributed by atoms with Gasteiger partial charge >= 0.3 is 0 Å². The molecule has 4 N–H and O–H groups in total. The van der Waals surface area contributed by atoms with E-state index in [1.54, 1.807) is 6.20 Å². The van der Waals surface area contributed by atoms with Crippen LogP contribution >= 0.6 is 0 Å². The van der Waals surface area contributed by atoms with Crippen LogP contribution in [0.25, 0.3) is 0 Å². The Kier molecular flexibility index (Phi) is 5.34. The molecule has 2 saturated carbocycles. The number of nitrogens with one attached hydrogen (secondary N) is 4. The lowest BCUT2D eigenvalue weighted by atomic mass is 9.91. The SMILES string of the molecule is CNC1CCC(Nc2nccc(Nc3cc(C4CCCC4)[nH]n3)n2)CC1. The zero-order valence-electron chi connectivity index (χ0n) is 15.5. The first-order chi connectivity index (χ1) is 12.8. The number of anilines is 3. The van der Waals surface area contributed by atoms with Gasteiger partial charge < -0.3 is 16.0 Å². The van der Waals surface area contributed by atoms with E-state index in [1.807, 2.05) is 13.1 Å². The summed E-state index contributed by atoms with van der Waals surface area (Å²) < 4.78 is 0. The van der Waals surface area contributed by atoms with Crippen molar-refractivity contribution < 1.29 is 0 Å². The molecule has 0 atom stereocenters. The van der Waals surface area contributed by atoms with E-state index in [2.05, 4.69) is 42.2 Å². The first kappa shape index (κ1) is 17.3.